The first-order valence-electron chi connectivity index (χ1n) is 10.2. The summed E-state index contributed by atoms with van der Waals surface area (Å²) in [6.45, 7) is 0.220. The minimum atomic E-state index is -0.527. The van der Waals surface area contributed by atoms with Crippen LogP contribution in [0.25, 0.3) is 11.1 Å². The van der Waals surface area contributed by atoms with Crippen molar-refractivity contribution in [2.24, 2.45) is 0 Å². The number of amides is 1. The molecule has 6 nitrogen and oxygen atoms in total. The van der Waals surface area contributed by atoms with Crippen molar-refractivity contribution in [2.45, 2.75) is 18.3 Å². The zero-order valence-electron chi connectivity index (χ0n) is 17.4. The van der Waals surface area contributed by atoms with Crippen LogP contribution in [-0.4, -0.2) is 26.9 Å². The summed E-state index contributed by atoms with van der Waals surface area (Å²) in [5.41, 5.74) is 3.03. The Hall–Kier alpha value is -3.67. The molecule has 0 unspecified atom stereocenters. The molecule has 6 heteroatoms. The van der Waals surface area contributed by atoms with Crippen LogP contribution in [0.15, 0.2) is 60.7 Å². The Bertz CT molecular complexity index is 1140. The van der Waals surface area contributed by atoms with E-state index in [-0.39, 0.29) is 14.1 Å². The van der Waals surface area contributed by atoms with Gasteiger partial charge in [-0.2, -0.15) is 0 Å². The fourth-order valence-electron chi connectivity index (χ4n) is 4.00. The summed E-state index contributed by atoms with van der Waals surface area (Å²) in [7, 11) is 3.28. The molecule has 1 heterocycles. The molecular formula is C25H25NO5. The van der Waals surface area contributed by atoms with Gasteiger partial charge in [0.2, 0.25) is 12.7 Å². The fourth-order valence-corrected chi connectivity index (χ4v) is 4.00. The highest BCUT2D eigenvalue weighted by Crippen LogP contribution is 2.51. The van der Waals surface area contributed by atoms with E-state index in [2.05, 4.69) is 5.32 Å². The Labute approximate surface area is 182 Å². The molecule has 31 heavy (non-hydrogen) atoms. The van der Waals surface area contributed by atoms with Crippen LogP contribution in [0.5, 0.6) is 23.0 Å². The van der Waals surface area contributed by atoms with Crippen molar-refractivity contribution >= 4 is 11.6 Å². The maximum absolute atomic E-state index is 13.3. The highest BCUT2D eigenvalue weighted by atomic mass is 16.7. The van der Waals surface area contributed by atoms with Gasteiger partial charge in [0.25, 0.3) is 0 Å². The Morgan fingerprint density at radius 2 is 1.71 bits per heavy atom. The average molecular weight is 419 g/mol. The van der Waals surface area contributed by atoms with E-state index < -0.39 is 5.41 Å². The lowest BCUT2D eigenvalue weighted by Crippen LogP contribution is -2.27. The molecule has 0 radical (unpaired) electrons. The van der Waals surface area contributed by atoms with Gasteiger partial charge in [0.15, 0.2) is 11.5 Å². The maximum Gasteiger partial charge on any atom is 0.235 e. The summed E-state index contributed by atoms with van der Waals surface area (Å²) < 4.78 is 21.7. The number of hydrogen-bond donors (Lipinski definition) is 1. The van der Waals surface area contributed by atoms with Gasteiger partial charge in [-0.15, -0.1) is 0 Å². The quantitative estimate of drug-likeness (QED) is 0.608. The van der Waals surface area contributed by atoms with E-state index in [0.717, 1.165) is 52.5 Å². The van der Waals surface area contributed by atoms with E-state index in [0.29, 0.717) is 5.75 Å². The van der Waals surface area contributed by atoms with Crippen LogP contribution in [0.4, 0.5) is 5.69 Å². The normalized spacial score (nSPS) is 15.3. The molecule has 1 aliphatic heterocycles. The zero-order chi connectivity index (χ0) is 21.4. The molecule has 0 atom stereocenters. The van der Waals surface area contributed by atoms with Crippen LogP contribution >= 0.6 is 0 Å². The molecule has 1 aliphatic carbocycles. The Morgan fingerprint density at radius 3 is 2.42 bits per heavy atom. The van der Waals surface area contributed by atoms with Crippen molar-refractivity contribution in [3.63, 3.8) is 0 Å². The lowest BCUT2D eigenvalue weighted by Gasteiger charge is -2.18. The molecular weight excluding hydrogens is 394 g/mol. The SMILES string of the molecule is COc1ccc(-c2cc(NC(=O)C3(c4ccc5c(c4)OCO5)CC3)ccc2OC)cc1.[HH]. The third kappa shape index (κ3) is 3.44. The number of carbonyl (C=O) groups excluding carboxylic acids is 1. The Morgan fingerprint density at radius 1 is 0.935 bits per heavy atom. The summed E-state index contributed by atoms with van der Waals surface area (Å²) in [5.74, 6) is 2.92. The van der Waals surface area contributed by atoms with Gasteiger partial charge < -0.3 is 24.3 Å². The van der Waals surface area contributed by atoms with E-state index in [1.54, 1.807) is 14.2 Å². The monoisotopic (exact) mass is 419 g/mol. The fraction of sp³-hybridized carbons (Fsp3) is 0.240. The number of fused-ring (bicyclic) bond motifs is 1. The second-order valence-corrected chi connectivity index (χ2v) is 7.75. The van der Waals surface area contributed by atoms with Crippen LogP contribution in [0.1, 0.15) is 19.8 Å². The van der Waals surface area contributed by atoms with Crippen LogP contribution in [0, 0.1) is 0 Å². The number of hydrogen-bond acceptors (Lipinski definition) is 5. The lowest BCUT2D eigenvalue weighted by molar-refractivity contribution is -0.118. The molecule has 1 fully saturated rings. The summed E-state index contributed by atoms with van der Waals surface area (Å²) in [5, 5.41) is 3.10. The van der Waals surface area contributed by atoms with E-state index in [1.165, 1.54) is 0 Å². The van der Waals surface area contributed by atoms with Gasteiger partial charge >= 0.3 is 0 Å². The van der Waals surface area contributed by atoms with E-state index in [4.69, 9.17) is 18.9 Å². The number of nitrogens with one attached hydrogen (secondary N) is 1. The highest BCUT2D eigenvalue weighted by molar-refractivity contribution is 6.02. The second-order valence-electron chi connectivity index (χ2n) is 7.75. The summed E-state index contributed by atoms with van der Waals surface area (Å²) in [6, 6.07) is 19.2. The average Bonchev–Trinajstić information content (AvgIpc) is 3.50. The van der Waals surface area contributed by atoms with Crippen molar-refractivity contribution < 1.29 is 25.2 Å². The summed E-state index contributed by atoms with van der Waals surface area (Å²) in [6.07, 6.45) is 1.61. The van der Waals surface area contributed by atoms with E-state index >= 15 is 0 Å². The second kappa shape index (κ2) is 7.54. The molecule has 0 spiro atoms. The predicted molar refractivity (Wildman–Crippen MR) is 119 cm³/mol. The summed E-state index contributed by atoms with van der Waals surface area (Å²) >= 11 is 0. The third-order valence-electron chi connectivity index (χ3n) is 5.97. The molecule has 1 saturated carbocycles. The molecule has 0 aromatic heterocycles. The van der Waals surface area contributed by atoms with Gasteiger partial charge in [-0.05, 0) is 66.4 Å². The molecule has 5 rings (SSSR count). The predicted octanol–water partition coefficient (Wildman–Crippen LogP) is 5.02. The molecule has 160 valence electrons. The standard InChI is InChI=1S/C25H23NO5.H2/c1-28-19-7-3-16(4-8-19)20-14-18(6-10-21(20)29-2)26-24(27)25(11-12-25)17-5-9-22-23(13-17)31-15-30-22;/h3-10,13-14H,11-12,15H2,1-2H3,(H,26,27);1H. The topological polar surface area (TPSA) is 66.0 Å². The van der Waals surface area contributed by atoms with Crippen molar-refractivity contribution in [1.82, 2.24) is 0 Å². The number of carbonyl (C=O) groups is 1. The first kappa shape index (κ1) is 19.3. The Kier molecular flexibility index (Phi) is 4.70. The van der Waals surface area contributed by atoms with Gasteiger partial charge in [0.1, 0.15) is 11.5 Å². The number of benzene rings is 3. The number of anilines is 1. The van der Waals surface area contributed by atoms with Gasteiger partial charge in [0.05, 0.1) is 19.6 Å². The van der Waals surface area contributed by atoms with Gasteiger partial charge in [-0.3, -0.25) is 4.79 Å². The molecule has 1 N–H and O–H groups in total. The molecule has 3 aromatic carbocycles. The van der Waals surface area contributed by atoms with Crippen molar-refractivity contribution in [1.29, 1.82) is 0 Å². The van der Waals surface area contributed by atoms with Crippen LogP contribution < -0.4 is 24.3 Å². The number of ether oxygens (including phenoxy) is 4. The van der Waals surface area contributed by atoms with Crippen LogP contribution in [0.3, 0.4) is 0 Å². The van der Waals surface area contributed by atoms with Crippen molar-refractivity contribution in [2.75, 3.05) is 26.3 Å². The largest absolute Gasteiger partial charge is 0.497 e. The highest BCUT2D eigenvalue weighted by Gasteiger charge is 2.51. The van der Waals surface area contributed by atoms with Crippen molar-refractivity contribution in [3.8, 4) is 34.1 Å². The molecule has 3 aromatic rings. The molecule has 0 bridgehead atoms. The van der Waals surface area contributed by atoms with Gasteiger partial charge in [-0.25, -0.2) is 0 Å². The van der Waals surface area contributed by atoms with Gasteiger partial charge in [0, 0.05) is 12.7 Å². The summed E-state index contributed by atoms with van der Waals surface area (Å²) in [4.78, 5) is 13.3. The van der Waals surface area contributed by atoms with Crippen LogP contribution in [0.2, 0.25) is 0 Å². The number of methoxy groups -OCH3 is 2. The van der Waals surface area contributed by atoms with Crippen LogP contribution in [-0.2, 0) is 10.2 Å². The number of rotatable bonds is 6. The maximum atomic E-state index is 13.3. The Balaban J connectivity index is 0.00000245. The molecule has 1 amide bonds. The van der Waals surface area contributed by atoms with Gasteiger partial charge in [-0.1, -0.05) is 18.2 Å². The first-order chi connectivity index (χ1) is 15.1. The lowest BCUT2D eigenvalue weighted by atomic mass is 9.94. The first-order valence-corrected chi connectivity index (χ1v) is 10.2. The third-order valence-corrected chi connectivity index (χ3v) is 5.97. The van der Waals surface area contributed by atoms with E-state index in [1.807, 2.05) is 60.7 Å². The minimum Gasteiger partial charge on any atom is -0.497 e. The zero-order valence-corrected chi connectivity index (χ0v) is 17.4. The smallest absolute Gasteiger partial charge is 0.235 e. The molecule has 0 saturated heterocycles. The molecule has 2 aliphatic rings. The van der Waals surface area contributed by atoms with Crippen molar-refractivity contribution in [3.05, 3.63) is 66.2 Å². The van der Waals surface area contributed by atoms with E-state index in [9.17, 15) is 4.79 Å². The minimum absolute atomic E-state index is 0.